The number of imidazole rings is 1. The van der Waals surface area contributed by atoms with Crippen molar-refractivity contribution < 1.29 is 8.42 Å². The lowest BCUT2D eigenvalue weighted by Gasteiger charge is -2.05. The van der Waals surface area contributed by atoms with Gasteiger partial charge in [-0.1, -0.05) is 0 Å². The highest BCUT2D eigenvalue weighted by Crippen LogP contribution is 2.23. The van der Waals surface area contributed by atoms with Crippen LogP contribution < -0.4 is 10.5 Å². The molecular weight excluding hydrogens is 330 g/mol. The standard InChI is InChI=1S/C11H13N5O2S3/c1-7-14-8(6-20-7)2-3-13-21(17,18)10-9(12)15-11-16(10)4-5-19-11/h4-6,13H,2-3,12H2,1H3. The number of rotatable bonds is 5. The molecule has 0 amide bonds. The third-order valence-electron chi connectivity index (χ3n) is 2.84. The fraction of sp³-hybridized carbons (Fsp3) is 0.273. The van der Waals surface area contributed by atoms with Crippen LogP contribution in [-0.4, -0.2) is 29.3 Å². The van der Waals surface area contributed by atoms with Gasteiger partial charge in [0, 0.05) is 29.9 Å². The Morgan fingerprint density at radius 2 is 2.19 bits per heavy atom. The highest BCUT2D eigenvalue weighted by molar-refractivity contribution is 7.89. The second-order valence-electron chi connectivity index (χ2n) is 4.36. The third-order valence-corrected chi connectivity index (χ3v) is 5.92. The van der Waals surface area contributed by atoms with Gasteiger partial charge in [-0.3, -0.25) is 4.40 Å². The smallest absolute Gasteiger partial charge is 0.260 e. The largest absolute Gasteiger partial charge is 0.381 e. The number of hydrogen-bond acceptors (Lipinski definition) is 7. The Hall–Kier alpha value is -1.49. The minimum absolute atomic E-state index is 0.00629. The maximum absolute atomic E-state index is 12.4. The summed E-state index contributed by atoms with van der Waals surface area (Å²) in [4.78, 5) is 8.89. The number of nitrogens with one attached hydrogen (secondary N) is 1. The molecule has 21 heavy (non-hydrogen) atoms. The van der Waals surface area contributed by atoms with Crippen LogP contribution in [0.3, 0.4) is 0 Å². The maximum Gasteiger partial charge on any atom is 0.260 e. The first kappa shape index (κ1) is 14.4. The lowest BCUT2D eigenvalue weighted by atomic mass is 10.3. The molecule has 0 saturated carbocycles. The first-order valence-electron chi connectivity index (χ1n) is 6.09. The molecule has 112 valence electrons. The van der Waals surface area contributed by atoms with Gasteiger partial charge in [0.2, 0.25) is 0 Å². The van der Waals surface area contributed by atoms with Gasteiger partial charge in [0.15, 0.2) is 15.8 Å². The zero-order chi connectivity index (χ0) is 15.0. The van der Waals surface area contributed by atoms with E-state index in [0.29, 0.717) is 11.4 Å². The summed E-state index contributed by atoms with van der Waals surface area (Å²) >= 11 is 2.88. The quantitative estimate of drug-likeness (QED) is 0.726. The fourth-order valence-electron chi connectivity index (χ4n) is 1.95. The van der Waals surface area contributed by atoms with E-state index >= 15 is 0 Å². The maximum atomic E-state index is 12.4. The molecule has 0 bridgehead atoms. The molecule has 3 N–H and O–H groups in total. The molecule has 0 atom stereocenters. The van der Waals surface area contributed by atoms with Crippen LogP contribution in [0.4, 0.5) is 5.82 Å². The molecule has 10 heteroatoms. The molecule has 0 aliphatic heterocycles. The number of thiazole rings is 2. The number of fused-ring (bicyclic) bond motifs is 1. The van der Waals surface area contributed by atoms with Crippen molar-refractivity contribution in [2.75, 3.05) is 12.3 Å². The summed E-state index contributed by atoms with van der Waals surface area (Å²) in [6.07, 6.45) is 2.18. The molecule has 0 unspecified atom stereocenters. The Morgan fingerprint density at radius 1 is 1.38 bits per heavy atom. The van der Waals surface area contributed by atoms with Gasteiger partial charge >= 0.3 is 0 Å². The Kier molecular flexibility index (Phi) is 3.69. The van der Waals surface area contributed by atoms with Crippen LogP contribution >= 0.6 is 22.7 Å². The molecule has 0 aliphatic carbocycles. The number of sulfonamides is 1. The Balaban J connectivity index is 1.77. The van der Waals surface area contributed by atoms with Gasteiger partial charge in [-0.25, -0.2) is 23.1 Å². The second-order valence-corrected chi connectivity index (χ2v) is 7.98. The van der Waals surface area contributed by atoms with Crippen LogP contribution in [0.25, 0.3) is 4.96 Å². The number of aromatic nitrogens is 3. The lowest BCUT2D eigenvalue weighted by Crippen LogP contribution is -2.27. The average Bonchev–Trinajstić information content (AvgIpc) is 3.04. The SMILES string of the molecule is Cc1nc(CCNS(=O)(=O)c2c(N)nc3sccn23)cs1. The van der Waals surface area contributed by atoms with Crippen molar-refractivity contribution in [1.82, 2.24) is 19.1 Å². The molecule has 0 aromatic carbocycles. The van der Waals surface area contributed by atoms with Crippen molar-refractivity contribution in [3.8, 4) is 0 Å². The molecule has 0 saturated heterocycles. The van der Waals surface area contributed by atoms with Crippen LogP contribution in [0.15, 0.2) is 22.0 Å². The van der Waals surface area contributed by atoms with E-state index < -0.39 is 10.0 Å². The van der Waals surface area contributed by atoms with Crippen molar-refractivity contribution in [2.45, 2.75) is 18.4 Å². The molecule has 0 aliphatic rings. The highest BCUT2D eigenvalue weighted by Gasteiger charge is 2.24. The van der Waals surface area contributed by atoms with Crippen LogP contribution in [0.1, 0.15) is 10.7 Å². The minimum atomic E-state index is -3.70. The van der Waals surface area contributed by atoms with E-state index in [1.54, 1.807) is 22.9 Å². The van der Waals surface area contributed by atoms with Gasteiger partial charge in [0.25, 0.3) is 10.0 Å². The Bertz CT molecular complexity index is 877. The van der Waals surface area contributed by atoms with Crippen molar-refractivity contribution in [2.24, 2.45) is 0 Å². The number of nitrogen functional groups attached to an aromatic ring is 1. The van der Waals surface area contributed by atoms with Crippen LogP contribution in [0.2, 0.25) is 0 Å². The zero-order valence-electron chi connectivity index (χ0n) is 11.1. The Morgan fingerprint density at radius 3 is 2.90 bits per heavy atom. The van der Waals surface area contributed by atoms with E-state index in [1.807, 2.05) is 12.3 Å². The van der Waals surface area contributed by atoms with Crippen LogP contribution in [0.5, 0.6) is 0 Å². The molecule has 0 spiro atoms. The van der Waals surface area contributed by atoms with E-state index in [2.05, 4.69) is 14.7 Å². The summed E-state index contributed by atoms with van der Waals surface area (Å²) < 4.78 is 28.7. The van der Waals surface area contributed by atoms with Gasteiger partial charge in [-0.2, -0.15) is 0 Å². The molecule has 3 rings (SSSR count). The van der Waals surface area contributed by atoms with Gasteiger partial charge in [-0.15, -0.1) is 22.7 Å². The summed E-state index contributed by atoms with van der Waals surface area (Å²) in [5.41, 5.74) is 6.59. The van der Waals surface area contributed by atoms with E-state index in [-0.39, 0.29) is 17.4 Å². The third kappa shape index (κ3) is 2.79. The van der Waals surface area contributed by atoms with Crippen molar-refractivity contribution >= 4 is 43.5 Å². The first-order valence-corrected chi connectivity index (χ1v) is 9.33. The van der Waals surface area contributed by atoms with Crippen LogP contribution in [-0.2, 0) is 16.4 Å². The fourth-order valence-corrected chi connectivity index (χ4v) is 4.61. The summed E-state index contributed by atoms with van der Waals surface area (Å²) in [5.74, 6) is 0.0128. The summed E-state index contributed by atoms with van der Waals surface area (Å²) in [5, 5.41) is 4.65. The predicted octanol–water partition coefficient (Wildman–Crippen LogP) is 1.26. The number of anilines is 1. The van der Waals surface area contributed by atoms with Crippen molar-refractivity contribution in [3.63, 3.8) is 0 Å². The van der Waals surface area contributed by atoms with Crippen molar-refractivity contribution in [3.05, 3.63) is 27.7 Å². The predicted molar refractivity (Wildman–Crippen MR) is 83.2 cm³/mol. The van der Waals surface area contributed by atoms with Gasteiger partial charge < -0.3 is 5.73 Å². The summed E-state index contributed by atoms with van der Waals surface area (Å²) in [7, 11) is -3.70. The minimum Gasteiger partial charge on any atom is -0.381 e. The van der Waals surface area contributed by atoms with Gasteiger partial charge in [-0.05, 0) is 6.92 Å². The topological polar surface area (TPSA) is 102 Å². The van der Waals surface area contributed by atoms with Crippen molar-refractivity contribution in [1.29, 1.82) is 0 Å². The van der Waals surface area contributed by atoms with E-state index in [9.17, 15) is 8.42 Å². The number of aryl methyl sites for hydroxylation is 1. The number of nitrogens with two attached hydrogens (primary N) is 1. The monoisotopic (exact) mass is 343 g/mol. The van der Waals surface area contributed by atoms with Gasteiger partial charge in [0.05, 0.1) is 10.7 Å². The first-order chi connectivity index (χ1) is 9.97. The molecule has 0 fully saturated rings. The van der Waals surface area contributed by atoms with Crippen LogP contribution in [0, 0.1) is 6.92 Å². The highest BCUT2D eigenvalue weighted by atomic mass is 32.2. The second kappa shape index (κ2) is 5.37. The molecule has 0 radical (unpaired) electrons. The van der Waals surface area contributed by atoms with E-state index in [0.717, 1.165) is 10.7 Å². The number of nitrogens with zero attached hydrogens (tertiary/aromatic N) is 3. The molecular formula is C11H13N5O2S3. The lowest BCUT2D eigenvalue weighted by molar-refractivity contribution is 0.577. The average molecular weight is 343 g/mol. The summed E-state index contributed by atoms with van der Waals surface area (Å²) in [6, 6.07) is 0. The number of hydrogen-bond donors (Lipinski definition) is 2. The summed E-state index contributed by atoms with van der Waals surface area (Å²) in [6.45, 7) is 2.18. The van der Waals surface area contributed by atoms with E-state index in [4.69, 9.17) is 5.73 Å². The molecule has 3 heterocycles. The normalized spacial score (nSPS) is 12.2. The molecule has 7 nitrogen and oxygen atoms in total. The van der Waals surface area contributed by atoms with E-state index in [1.165, 1.54) is 15.7 Å². The zero-order valence-corrected chi connectivity index (χ0v) is 13.6. The molecule has 3 aromatic rings. The molecule has 3 aromatic heterocycles. The Labute approximate surface area is 129 Å². The van der Waals surface area contributed by atoms with Gasteiger partial charge in [0.1, 0.15) is 0 Å².